The summed E-state index contributed by atoms with van der Waals surface area (Å²) >= 11 is 1.62. The summed E-state index contributed by atoms with van der Waals surface area (Å²) in [5.74, 6) is 0. The molecule has 0 radical (unpaired) electrons. The van der Waals surface area contributed by atoms with Crippen LogP contribution in [0.4, 0.5) is 5.69 Å². The molecule has 1 aliphatic rings. The highest BCUT2D eigenvalue weighted by Crippen LogP contribution is 2.23. The summed E-state index contributed by atoms with van der Waals surface area (Å²) in [6.45, 7) is 5.56. The third-order valence-electron chi connectivity index (χ3n) is 4.60. The summed E-state index contributed by atoms with van der Waals surface area (Å²) in [5.41, 5.74) is 2.76. The number of nitrogens with zero attached hydrogens (tertiary/aromatic N) is 1. The number of piperidine rings is 1. The molecule has 1 fully saturated rings. The number of nitrogens with one attached hydrogen (secondary N) is 1. The minimum absolute atomic E-state index is 0.553. The fourth-order valence-corrected chi connectivity index (χ4v) is 3.88. The molecule has 0 aliphatic carbocycles. The van der Waals surface area contributed by atoms with Crippen LogP contribution in [0.15, 0.2) is 41.1 Å². The highest BCUT2D eigenvalue weighted by molar-refractivity contribution is 7.08. The molecular weight excluding hydrogens is 304 g/mol. The van der Waals surface area contributed by atoms with Crippen molar-refractivity contribution in [2.75, 3.05) is 24.5 Å². The molecule has 1 atom stereocenters. The molecule has 3 nitrogen and oxygen atoms in total. The smallest absolute Gasteiger partial charge is 0.1000 e. The van der Waals surface area contributed by atoms with Crippen molar-refractivity contribution in [3.63, 3.8) is 0 Å². The van der Waals surface area contributed by atoms with Crippen molar-refractivity contribution < 1.29 is 5.11 Å². The van der Waals surface area contributed by atoms with Crippen LogP contribution >= 0.6 is 11.3 Å². The zero-order valence-corrected chi connectivity index (χ0v) is 14.6. The molecule has 0 bridgehead atoms. The van der Waals surface area contributed by atoms with Crippen LogP contribution in [0.3, 0.4) is 0 Å². The topological polar surface area (TPSA) is 35.5 Å². The maximum Gasteiger partial charge on any atom is 0.1000 e. The summed E-state index contributed by atoms with van der Waals surface area (Å²) in [5, 5.41) is 17.9. The maximum absolute atomic E-state index is 10.5. The second-order valence-corrected chi connectivity index (χ2v) is 7.38. The van der Waals surface area contributed by atoms with Crippen LogP contribution in [0.1, 0.15) is 37.3 Å². The molecular formula is C19H26N2OS. The number of hydrogen-bond acceptors (Lipinski definition) is 4. The van der Waals surface area contributed by atoms with Gasteiger partial charge in [0, 0.05) is 31.9 Å². The Labute approximate surface area is 143 Å². The Morgan fingerprint density at radius 2 is 1.87 bits per heavy atom. The highest BCUT2D eigenvalue weighted by Gasteiger charge is 2.22. The summed E-state index contributed by atoms with van der Waals surface area (Å²) < 4.78 is 0. The number of hydrogen-bond donors (Lipinski definition) is 2. The largest absolute Gasteiger partial charge is 0.384 e. The van der Waals surface area contributed by atoms with Crippen molar-refractivity contribution in [2.45, 2.75) is 38.3 Å². The zero-order chi connectivity index (χ0) is 16.1. The van der Waals surface area contributed by atoms with Crippen LogP contribution in [-0.2, 0) is 12.1 Å². The van der Waals surface area contributed by atoms with Gasteiger partial charge in [-0.15, -0.1) is 0 Å². The Hall–Kier alpha value is -1.36. The quantitative estimate of drug-likeness (QED) is 0.847. The predicted octanol–water partition coefficient (Wildman–Crippen LogP) is 3.74. The summed E-state index contributed by atoms with van der Waals surface area (Å²) in [6.07, 6.45) is 3.98. The van der Waals surface area contributed by atoms with Gasteiger partial charge in [-0.1, -0.05) is 12.1 Å². The van der Waals surface area contributed by atoms with E-state index in [1.807, 2.05) is 23.8 Å². The molecule has 3 rings (SSSR count). The van der Waals surface area contributed by atoms with Crippen LogP contribution < -0.4 is 10.2 Å². The van der Waals surface area contributed by atoms with E-state index in [4.69, 9.17) is 0 Å². The summed E-state index contributed by atoms with van der Waals surface area (Å²) in [6, 6.07) is 10.8. The first-order valence-electron chi connectivity index (χ1n) is 8.45. The van der Waals surface area contributed by atoms with E-state index < -0.39 is 5.60 Å². The van der Waals surface area contributed by atoms with E-state index in [1.165, 1.54) is 43.6 Å². The van der Waals surface area contributed by atoms with Gasteiger partial charge in [0.05, 0.1) is 5.60 Å². The van der Waals surface area contributed by atoms with Crippen LogP contribution in [0.2, 0.25) is 0 Å². The summed E-state index contributed by atoms with van der Waals surface area (Å²) in [7, 11) is 0. The Morgan fingerprint density at radius 1 is 1.13 bits per heavy atom. The third kappa shape index (κ3) is 4.34. The van der Waals surface area contributed by atoms with Crippen molar-refractivity contribution in [3.05, 3.63) is 52.2 Å². The van der Waals surface area contributed by atoms with Crippen LogP contribution in [0.5, 0.6) is 0 Å². The molecule has 1 aliphatic heterocycles. The van der Waals surface area contributed by atoms with E-state index in [2.05, 4.69) is 34.5 Å². The number of rotatable bonds is 6. The van der Waals surface area contributed by atoms with Crippen molar-refractivity contribution in [1.82, 2.24) is 5.32 Å². The van der Waals surface area contributed by atoms with Crippen molar-refractivity contribution in [2.24, 2.45) is 0 Å². The maximum atomic E-state index is 10.5. The molecule has 124 valence electrons. The molecule has 23 heavy (non-hydrogen) atoms. The fraction of sp³-hybridized carbons (Fsp3) is 0.474. The molecule has 0 amide bonds. The first-order valence-corrected chi connectivity index (χ1v) is 9.39. The zero-order valence-electron chi connectivity index (χ0n) is 13.8. The molecule has 0 spiro atoms. The average Bonchev–Trinajstić information content (AvgIpc) is 3.12. The van der Waals surface area contributed by atoms with Gasteiger partial charge in [0.25, 0.3) is 0 Å². The second kappa shape index (κ2) is 7.47. The Bertz CT molecular complexity index is 586. The van der Waals surface area contributed by atoms with E-state index in [0.29, 0.717) is 6.54 Å². The van der Waals surface area contributed by atoms with Crippen LogP contribution in [0.25, 0.3) is 0 Å². The number of anilines is 1. The normalized spacial score (nSPS) is 17.9. The lowest BCUT2D eigenvalue weighted by Gasteiger charge is -2.29. The molecule has 0 saturated carbocycles. The van der Waals surface area contributed by atoms with Crippen molar-refractivity contribution in [3.8, 4) is 0 Å². The highest BCUT2D eigenvalue weighted by atomic mass is 32.1. The fourth-order valence-electron chi connectivity index (χ4n) is 3.10. The van der Waals surface area contributed by atoms with Gasteiger partial charge in [-0.2, -0.15) is 11.3 Å². The van der Waals surface area contributed by atoms with E-state index >= 15 is 0 Å². The molecule has 1 aromatic carbocycles. The van der Waals surface area contributed by atoms with Gasteiger partial charge in [-0.3, -0.25) is 0 Å². The first kappa shape index (κ1) is 16.5. The van der Waals surface area contributed by atoms with Gasteiger partial charge >= 0.3 is 0 Å². The standard InChI is InChI=1S/C19H26N2OS/c1-19(22,17-9-12-23-14-17)15-20-13-16-5-7-18(8-6-16)21-10-3-2-4-11-21/h5-9,12,14,20,22H,2-4,10-11,13,15H2,1H3. The monoisotopic (exact) mass is 330 g/mol. The predicted molar refractivity (Wildman–Crippen MR) is 98.1 cm³/mol. The minimum Gasteiger partial charge on any atom is -0.384 e. The van der Waals surface area contributed by atoms with Gasteiger partial charge in [0.2, 0.25) is 0 Å². The molecule has 1 aromatic heterocycles. The van der Waals surface area contributed by atoms with E-state index in [9.17, 15) is 5.11 Å². The van der Waals surface area contributed by atoms with Crippen LogP contribution in [-0.4, -0.2) is 24.7 Å². The van der Waals surface area contributed by atoms with Crippen molar-refractivity contribution in [1.29, 1.82) is 0 Å². The molecule has 1 unspecified atom stereocenters. The lowest BCUT2D eigenvalue weighted by molar-refractivity contribution is 0.0571. The van der Waals surface area contributed by atoms with Gasteiger partial charge in [0.15, 0.2) is 0 Å². The van der Waals surface area contributed by atoms with E-state index in [1.54, 1.807) is 11.3 Å². The lowest BCUT2D eigenvalue weighted by atomic mass is 9.99. The van der Waals surface area contributed by atoms with E-state index in [0.717, 1.165) is 12.1 Å². The van der Waals surface area contributed by atoms with Crippen molar-refractivity contribution >= 4 is 17.0 Å². The molecule has 2 aromatic rings. The molecule has 1 saturated heterocycles. The number of aliphatic hydroxyl groups is 1. The second-order valence-electron chi connectivity index (χ2n) is 6.60. The molecule has 2 heterocycles. The average molecular weight is 330 g/mol. The lowest BCUT2D eigenvalue weighted by Crippen LogP contribution is -2.34. The Kier molecular flexibility index (Phi) is 5.36. The SMILES string of the molecule is CC(O)(CNCc1ccc(N2CCCCC2)cc1)c1ccsc1. The first-order chi connectivity index (χ1) is 11.1. The molecule has 4 heteroatoms. The molecule has 2 N–H and O–H groups in total. The summed E-state index contributed by atoms with van der Waals surface area (Å²) in [4.78, 5) is 2.47. The minimum atomic E-state index is -0.812. The van der Waals surface area contributed by atoms with Gasteiger partial charge in [-0.05, 0) is 66.3 Å². The van der Waals surface area contributed by atoms with Gasteiger partial charge < -0.3 is 15.3 Å². The van der Waals surface area contributed by atoms with Crippen LogP contribution in [0, 0.1) is 0 Å². The Balaban J connectivity index is 1.50. The number of benzene rings is 1. The third-order valence-corrected chi connectivity index (χ3v) is 5.28. The van der Waals surface area contributed by atoms with E-state index in [-0.39, 0.29) is 0 Å². The van der Waals surface area contributed by atoms with Gasteiger partial charge in [0.1, 0.15) is 0 Å². The number of thiophene rings is 1. The Morgan fingerprint density at radius 3 is 2.52 bits per heavy atom. The van der Waals surface area contributed by atoms with Gasteiger partial charge in [-0.25, -0.2) is 0 Å².